The van der Waals surface area contributed by atoms with Gasteiger partial charge in [0, 0.05) is 17.8 Å². The minimum Gasteiger partial charge on any atom is -0.491 e. The first kappa shape index (κ1) is 53.2. The van der Waals surface area contributed by atoms with Crippen LogP contribution in [0.3, 0.4) is 0 Å². The van der Waals surface area contributed by atoms with Crippen LogP contribution in [0.5, 0.6) is 23.0 Å². The van der Waals surface area contributed by atoms with E-state index in [1.807, 2.05) is 97.1 Å². The third kappa shape index (κ3) is 19.0. The third-order valence-corrected chi connectivity index (χ3v) is 9.56. The van der Waals surface area contributed by atoms with E-state index in [-0.39, 0.29) is 74.6 Å². The van der Waals surface area contributed by atoms with Gasteiger partial charge in [0.15, 0.2) is 0 Å². The predicted molar refractivity (Wildman–Crippen MR) is 232 cm³/mol. The van der Waals surface area contributed by atoms with Gasteiger partial charge in [-0.15, -0.1) is 35.6 Å². The lowest BCUT2D eigenvalue weighted by atomic mass is 9.78. The number of carboxylic acid groups (broad SMARTS) is 1. The molecule has 4 atom stereocenters. The third-order valence-electron chi connectivity index (χ3n) is 8.85. The molecule has 0 bridgehead atoms. The van der Waals surface area contributed by atoms with E-state index < -0.39 is 30.4 Å². The number of aliphatic hydroxyl groups excluding tert-OH is 6. The van der Waals surface area contributed by atoms with Crippen molar-refractivity contribution >= 4 is 41.6 Å². The van der Waals surface area contributed by atoms with Gasteiger partial charge in [-0.3, -0.25) is 4.79 Å². The Labute approximate surface area is 363 Å². The lowest BCUT2D eigenvalue weighted by molar-refractivity contribution is -0.134. The minimum atomic E-state index is -0.889. The van der Waals surface area contributed by atoms with Crippen molar-refractivity contribution in [3.8, 4) is 23.0 Å². The van der Waals surface area contributed by atoms with E-state index >= 15 is 0 Å². The number of benzene rings is 4. The number of carbonyl (C=O) groups is 1. The molecule has 0 aliphatic carbocycles. The summed E-state index contributed by atoms with van der Waals surface area (Å²) < 4.78 is 21.9. The Morgan fingerprint density at radius 2 is 0.678 bits per heavy atom. The molecule has 0 fully saturated rings. The molecule has 12 nitrogen and oxygen atoms in total. The molecule has 4 unspecified atom stereocenters. The van der Waals surface area contributed by atoms with Gasteiger partial charge in [0.25, 0.3) is 5.97 Å². The summed E-state index contributed by atoms with van der Waals surface area (Å²) in [6.07, 6.45) is -3.12. The van der Waals surface area contributed by atoms with Gasteiger partial charge < -0.3 is 54.7 Å². The molecule has 4 aromatic rings. The molecule has 0 saturated heterocycles. The van der Waals surface area contributed by atoms with Crippen LogP contribution in [0, 0.1) is 0 Å². The van der Waals surface area contributed by atoms with Crippen LogP contribution in [0.2, 0.25) is 0 Å². The molecule has 0 amide bonds. The van der Waals surface area contributed by atoms with Gasteiger partial charge >= 0.3 is 0 Å². The standard InChI is InChI=1S/C21H26Cl2O4.C21H28O6.C2H4O2.ClH/c2*1-21(2,15-3-7-19(8-4-15)26-13-17(24)11-22)16-5-9-20(10-6-16)27-14-18(25)12-23;1-2(3)4;/h3-10,17-18,24-25H,11-14H2,1-2H3;3-10,17-18,22-25H,11-14H2,1-2H3;1H3,(H,3,4);1H. The first-order valence-electron chi connectivity index (χ1n) is 18.7. The van der Waals surface area contributed by atoms with E-state index in [9.17, 15) is 20.4 Å². The molecule has 4 aromatic carbocycles. The molecule has 4 rings (SSSR count). The van der Waals surface area contributed by atoms with Gasteiger partial charge in [0.05, 0.1) is 25.0 Å². The predicted octanol–water partition coefficient (Wildman–Crippen LogP) is 5.96. The summed E-state index contributed by atoms with van der Waals surface area (Å²) in [4.78, 5) is 9.00. The zero-order valence-corrected chi connectivity index (χ0v) is 36.4. The van der Waals surface area contributed by atoms with Crippen LogP contribution in [0.1, 0.15) is 56.9 Å². The molecule has 0 aliphatic heterocycles. The highest BCUT2D eigenvalue weighted by atomic mass is 35.5. The largest absolute Gasteiger partial charge is 0.491 e. The van der Waals surface area contributed by atoms with Crippen molar-refractivity contribution in [3.05, 3.63) is 119 Å². The number of rotatable bonds is 20. The maximum absolute atomic E-state index is 9.47. The molecule has 15 heteroatoms. The number of aliphatic hydroxyl groups is 6. The number of ether oxygens (including phenoxy) is 4. The average Bonchev–Trinajstić information content (AvgIpc) is 3.23. The monoisotopic (exact) mass is 884 g/mol. The van der Waals surface area contributed by atoms with Crippen LogP contribution in [0.4, 0.5) is 0 Å². The Morgan fingerprint density at radius 1 is 0.492 bits per heavy atom. The lowest BCUT2D eigenvalue weighted by Gasteiger charge is -2.26. The molecule has 0 saturated carbocycles. The van der Waals surface area contributed by atoms with Crippen molar-refractivity contribution in [1.82, 2.24) is 0 Å². The van der Waals surface area contributed by atoms with Gasteiger partial charge in [0.2, 0.25) is 0 Å². The molecule has 328 valence electrons. The fourth-order valence-corrected chi connectivity index (χ4v) is 5.35. The van der Waals surface area contributed by atoms with Crippen molar-refractivity contribution in [1.29, 1.82) is 0 Å². The van der Waals surface area contributed by atoms with Gasteiger partial charge in [-0.2, -0.15) is 0 Å². The number of aliphatic carboxylic acids is 1. The molecule has 0 aromatic heterocycles. The minimum absolute atomic E-state index is 0. The lowest BCUT2D eigenvalue weighted by Crippen LogP contribution is -2.22. The number of alkyl halides is 2. The fraction of sp³-hybridized carbons (Fsp3) is 0.432. The maximum atomic E-state index is 9.47. The van der Waals surface area contributed by atoms with Crippen LogP contribution < -0.4 is 18.9 Å². The van der Waals surface area contributed by atoms with E-state index in [0.29, 0.717) is 23.0 Å². The Balaban J connectivity index is 0.000000532. The second kappa shape index (κ2) is 27.1. The molecule has 0 heterocycles. The highest BCUT2D eigenvalue weighted by molar-refractivity contribution is 6.18. The van der Waals surface area contributed by atoms with E-state index in [1.165, 1.54) is 0 Å². The summed E-state index contributed by atoms with van der Waals surface area (Å²) in [6.45, 7) is 9.39. The van der Waals surface area contributed by atoms with E-state index in [1.54, 1.807) is 0 Å². The smallest absolute Gasteiger partial charge is 0.300 e. The summed E-state index contributed by atoms with van der Waals surface area (Å²) in [5.41, 5.74) is 4.02. The van der Waals surface area contributed by atoms with Crippen LogP contribution in [0.15, 0.2) is 97.1 Å². The Kier molecular flexibility index (Phi) is 24.4. The number of hydrogen-bond acceptors (Lipinski definition) is 11. The van der Waals surface area contributed by atoms with Gasteiger partial charge in [-0.1, -0.05) is 76.2 Å². The van der Waals surface area contributed by atoms with Gasteiger partial charge in [0.1, 0.15) is 73.8 Å². The second-order valence-corrected chi connectivity index (χ2v) is 15.0. The molecule has 0 spiro atoms. The summed E-state index contributed by atoms with van der Waals surface area (Å²) in [5.74, 6) is 2.12. The van der Waals surface area contributed by atoms with Crippen LogP contribution in [-0.4, -0.2) is 118 Å². The highest BCUT2D eigenvalue weighted by Gasteiger charge is 2.24. The Morgan fingerprint density at radius 3 is 0.847 bits per heavy atom. The quantitative estimate of drug-likeness (QED) is 0.0516. The normalized spacial score (nSPS) is 13.1. The molecule has 0 radical (unpaired) electrons. The summed E-state index contributed by atoms with van der Waals surface area (Å²) >= 11 is 11.1. The summed E-state index contributed by atoms with van der Waals surface area (Å²) in [5, 5.41) is 62.7. The van der Waals surface area contributed by atoms with E-state index in [0.717, 1.165) is 29.2 Å². The Hall–Kier alpha value is -3.82. The van der Waals surface area contributed by atoms with Crippen LogP contribution >= 0.6 is 35.6 Å². The SMILES string of the molecule is CC(=O)O.CC(C)(c1ccc(OCC(O)CCl)cc1)c1ccc(OCC(O)CCl)cc1.CC(C)(c1ccc(OCC(O)CO)cc1)c1ccc(OCC(O)CO)cc1.Cl. The summed E-state index contributed by atoms with van der Waals surface area (Å²) in [6, 6.07) is 30.9. The molecular weight excluding hydrogens is 827 g/mol. The van der Waals surface area contributed by atoms with Crippen molar-refractivity contribution in [3.63, 3.8) is 0 Å². The topological polar surface area (TPSA) is 196 Å². The zero-order chi connectivity index (χ0) is 43.3. The van der Waals surface area contributed by atoms with Crippen LogP contribution in [-0.2, 0) is 15.6 Å². The zero-order valence-electron chi connectivity index (χ0n) is 34.0. The number of hydrogen-bond donors (Lipinski definition) is 7. The van der Waals surface area contributed by atoms with Crippen molar-refractivity contribution in [2.45, 2.75) is 69.9 Å². The van der Waals surface area contributed by atoms with Crippen molar-refractivity contribution in [2.75, 3.05) is 51.4 Å². The van der Waals surface area contributed by atoms with Gasteiger partial charge in [-0.05, 0) is 70.8 Å². The molecule has 0 aliphatic rings. The maximum Gasteiger partial charge on any atom is 0.300 e. The average molecular weight is 886 g/mol. The Bertz CT molecular complexity index is 1480. The number of carboxylic acids is 1. The van der Waals surface area contributed by atoms with E-state index in [4.69, 9.17) is 62.3 Å². The van der Waals surface area contributed by atoms with E-state index in [2.05, 4.69) is 27.7 Å². The fourth-order valence-electron chi connectivity index (χ4n) is 5.17. The first-order chi connectivity index (χ1) is 27.5. The molecular formula is C44H59Cl3O12. The second-order valence-electron chi connectivity index (χ2n) is 14.4. The summed E-state index contributed by atoms with van der Waals surface area (Å²) in [7, 11) is 0. The molecule has 59 heavy (non-hydrogen) atoms. The molecule has 7 N–H and O–H groups in total. The van der Waals surface area contributed by atoms with Gasteiger partial charge in [-0.25, -0.2) is 0 Å². The van der Waals surface area contributed by atoms with Crippen molar-refractivity contribution in [2.24, 2.45) is 0 Å². The number of halogens is 3. The van der Waals surface area contributed by atoms with Crippen LogP contribution in [0.25, 0.3) is 0 Å². The first-order valence-corrected chi connectivity index (χ1v) is 19.7. The highest BCUT2D eigenvalue weighted by Crippen LogP contribution is 2.35. The van der Waals surface area contributed by atoms with Crippen molar-refractivity contribution < 1.29 is 59.5 Å².